The van der Waals surface area contributed by atoms with Crippen molar-refractivity contribution in [1.82, 2.24) is 19.9 Å². The first kappa shape index (κ1) is 13.8. The maximum Gasteiger partial charge on any atom is 0.322 e. The first-order valence-corrected chi connectivity index (χ1v) is 6.61. The van der Waals surface area contributed by atoms with Crippen LogP contribution in [-0.4, -0.2) is 60.7 Å². The first-order chi connectivity index (χ1) is 9.21. The van der Waals surface area contributed by atoms with Crippen LogP contribution in [0.2, 0.25) is 0 Å². The second-order valence-corrected chi connectivity index (χ2v) is 4.85. The molecule has 1 aliphatic rings. The van der Waals surface area contributed by atoms with Gasteiger partial charge in [-0.3, -0.25) is 0 Å². The largest absolute Gasteiger partial charge is 0.467 e. The van der Waals surface area contributed by atoms with Gasteiger partial charge in [-0.15, -0.1) is 0 Å². The highest BCUT2D eigenvalue weighted by atomic mass is 16.5. The summed E-state index contributed by atoms with van der Waals surface area (Å²) >= 11 is 0. The summed E-state index contributed by atoms with van der Waals surface area (Å²) in [6, 6.07) is 0.324. The van der Waals surface area contributed by atoms with Gasteiger partial charge < -0.3 is 20.3 Å². The highest BCUT2D eigenvalue weighted by Crippen LogP contribution is 2.17. The number of nitrogens with one attached hydrogen (secondary N) is 2. The number of hydrogen-bond donors (Lipinski definition) is 2. The minimum absolute atomic E-state index is 0.324. The van der Waals surface area contributed by atoms with Gasteiger partial charge in [0, 0.05) is 13.6 Å². The number of piperidine rings is 1. The van der Waals surface area contributed by atoms with Crippen molar-refractivity contribution >= 4 is 11.9 Å². The van der Waals surface area contributed by atoms with Gasteiger partial charge in [0.15, 0.2) is 0 Å². The van der Waals surface area contributed by atoms with E-state index in [2.05, 4.69) is 37.5 Å². The predicted molar refractivity (Wildman–Crippen MR) is 74.6 cm³/mol. The van der Waals surface area contributed by atoms with E-state index in [-0.39, 0.29) is 0 Å². The summed E-state index contributed by atoms with van der Waals surface area (Å²) in [4.78, 5) is 14.9. The molecule has 1 saturated heterocycles. The van der Waals surface area contributed by atoms with E-state index in [0.29, 0.717) is 23.8 Å². The van der Waals surface area contributed by atoms with Gasteiger partial charge >= 0.3 is 6.01 Å². The molecule has 2 heterocycles. The summed E-state index contributed by atoms with van der Waals surface area (Å²) in [6.07, 6.45) is 2.43. The van der Waals surface area contributed by atoms with Crippen molar-refractivity contribution in [2.45, 2.75) is 12.8 Å². The zero-order valence-corrected chi connectivity index (χ0v) is 11.8. The Morgan fingerprint density at radius 1 is 1.21 bits per heavy atom. The molecule has 1 aromatic heterocycles. The molecule has 7 heteroatoms. The minimum Gasteiger partial charge on any atom is -0.467 e. The zero-order valence-electron chi connectivity index (χ0n) is 11.8. The van der Waals surface area contributed by atoms with Gasteiger partial charge in [-0.25, -0.2) is 0 Å². The number of hydrogen-bond acceptors (Lipinski definition) is 7. The van der Waals surface area contributed by atoms with E-state index in [4.69, 9.17) is 4.74 Å². The fraction of sp³-hybridized carbons (Fsp3) is 0.750. The summed E-state index contributed by atoms with van der Waals surface area (Å²) in [5.74, 6) is 1.75. The van der Waals surface area contributed by atoms with Crippen LogP contribution in [0.1, 0.15) is 12.8 Å². The van der Waals surface area contributed by atoms with Crippen LogP contribution in [0.4, 0.5) is 11.9 Å². The van der Waals surface area contributed by atoms with Gasteiger partial charge in [-0.1, -0.05) is 0 Å². The molecule has 19 heavy (non-hydrogen) atoms. The summed E-state index contributed by atoms with van der Waals surface area (Å²) in [5, 5.41) is 6.17. The molecule has 0 radical (unpaired) electrons. The summed E-state index contributed by atoms with van der Waals surface area (Å²) in [6.45, 7) is 3.22. The third-order valence-electron chi connectivity index (χ3n) is 3.41. The predicted octanol–water partition coefficient (Wildman–Crippen LogP) is 0.676. The molecule has 2 N–H and O–H groups in total. The lowest BCUT2D eigenvalue weighted by molar-refractivity contribution is 0.226. The molecule has 1 aromatic rings. The van der Waals surface area contributed by atoms with Gasteiger partial charge in [-0.2, -0.15) is 15.0 Å². The highest BCUT2D eigenvalue weighted by Gasteiger charge is 2.17. The van der Waals surface area contributed by atoms with Crippen LogP contribution in [-0.2, 0) is 0 Å². The molecular formula is C12H22N6O. The molecule has 7 nitrogen and oxygen atoms in total. The Kier molecular flexibility index (Phi) is 4.73. The number of rotatable bonds is 5. The third-order valence-corrected chi connectivity index (χ3v) is 3.41. The Hall–Kier alpha value is -1.63. The molecule has 0 aliphatic carbocycles. The van der Waals surface area contributed by atoms with E-state index in [1.807, 2.05) is 0 Å². The fourth-order valence-electron chi connectivity index (χ4n) is 2.14. The van der Waals surface area contributed by atoms with Crippen LogP contribution < -0.4 is 15.4 Å². The summed E-state index contributed by atoms with van der Waals surface area (Å²) < 4.78 is 5.05. The lowest BCUT2D eigenvalue weighted by Gasteiger charge is -2.28. The van der Waals surface area contributed by atoms with Gasteiger partial charge in [0.05, 0.1) is 7.11 Å². The van der Waals surface area contributed by atoms with Crippen LogP contribution in [0.15, 0.2) is 0 Å². The van der Waals surface area contributed by atoms with E-state index >= 15 is 0 Å². The Morgan fingerprint density at radius 3 is 2.53 bits per heavy atom. The number of likely N-dealkylation sites (tertiary alicyclic amines) is 1. The first-order valence-electron chi connectivity index (χ1n) is 6.61. The van der Waals surface area contributed by atoms with Crippen LogP contribution >= 0.6 is 0 Å². The molecule has 0 unspecified atom stereocenters. The van der Waals surface area contributed by atoms with Crippen LogP contribution in [0.3, 0.4) is 0 Å². The molecule has 0 spiro atoms. The molecule has 1 fully saturated rings. The molecule has 0 aromatic carbocycles. The lowest BCUT2D eigenvalue weighted by Crippen LogP contribution is -2.33. The Morgan fingerprint density at radius 2 is 1.89 bits per heavy atom. The van der Waals surface area contributed by atoms with E-state index in [0.717, 1.165) is 19.6 Å². The zero-order chi connectivity index (χ0) is 13.7. The molecular weight excluding hydrogens is 244 g/mol. The van der Waals surface area contributed by atoms with Crippen LogP contribution in [0.5, 0.6) is 6.01 Å². The van der Waals surface area contributed by atoms with Crippen LogP contribution in [0.25, 0.3) is 0 Å². The maximum absolute atomic E-state index is 5.05. The van der Waals surface area contributed by atoms with E-state index in [9.17, 15) is 0 Å². The Bertz CT molecular complexity index is 383. The number of methoxy groups -OCH3 is 1. The van der Waals surface area contributed by atoms with Gasteiger partial charge in [-0.05, 0) is 38.9 Å². The van der Waals surface area contributed by atoms with Gasteiger partial charge in [0.2, 0.25) is 11.9 Å². The van der Waals surface area contributed by atoms with Crippen molar-refractivity contribution in [3.05, 3.63) is 0 Å². The molecule has 1 aliphatic heterocycles. The quantitative estimate of drug-likeness (QED) is 0.811. The molecule has 0 atom stereocenters. The molecule has 0 bridgehead atoms. The van der Waals surface area contributed by atoms with Crippen molar-refractivity contribution in [2.75, 3.05) is 51.5 Å². The molecule has 106 valence electrons. The molecule has 0 saturated carbocycles. The normalized spacial score (nSPS) is 17.2. The Labute approximate surface area is 113 Å². The summed E-state index contributed by atoms with van der Waals surface area (Å²) in [7, 11) is 5.49. The van der Waals surface area contributed by atoms with Crippen molar-refractivity contribution < 1.29 is 4.74 Å². The van der Waals surface area contributed by atoms with Crippen molar-refractivity contribution in [1.29, 1.82) is 0 Å². The third kappa shape index (κ3) is 3.92. The molecule has 0 amide bonds. The highest BCUT2D eigenvalue weighted by molar-refractivity contribution is 5.35. The SMILES string of the molecule is CNc1nc(NCC2CCN(C)CC2)nc(OC)n1. The summed E-state index contributed by atoms with van der Waals surface area (Å²) in [5.41, 5.74) is 0. The van der Waals surface area contributed by atoms with E-state index in [1.54, 1.807) is 14.2 Å². The topological polar surface area (TPSA) is 75.2 Å². The minimum atomic E-state index is 0.324. The number of aromatic nitrogens is 3. The lowest BCUT2D eigenvalue weighted by atomic mass is 9.97. The van der Waals surface area contributed by atoms with Crippen LogP contribution in [0, 0.1) is 5.92 Å². The van der Waals surface area contributed by atoms with Crippen molar-refractivity contribution in [2.24, 2.45) is 5.92 Å². The number of ether oxygens (including phenoxy) is 1. The maximum atomic E-state index is 5.05. The van der Waals surface area contributed by atoms with Crippen molar-refractivity contribution in [3.63, 3.8) is 0 Å². The Balaban J connectivity index is 1.91. The van der Waals surface area contributed by atoms with Gasteiger partial charge in [0.1, 0.15) is 0 Å². The smallest absolute Gasteiger partial charge is 0.322 e. The van der Waals surface area contributed by atoms with Gasteiger partial charge in [0.25, 0.3) is 0 Å². The standard InChI is InChI=1S/C12H22N6O/c1-13-10-15-11(17-12(16-10)19-3)14-8-9-4-6-18(2)7-5-9/h9H,4-8H2,1-3H3,(H2,13,14,15,16,17). The fourth-order valence-corrected chi connectivity index (χ4v) is 2.14. The second kappa shape index (κ2) is 6.51. The number of anilines is 2. The average Bonchev–Trinajstić information content (AvgIpc) is 2.46. The second-order valence-electron chi connectivity index (χ2n) is 4.85. The van der Waals surface area contributed by atoms with Crippen molar-refractivity contribution in [3.8, 4) is 6.01 Å². The molecule has 2 rings (SSSR count). The van der Waals surface area contributed by atoms with E-state index < -0.39 is 0 Å². The van der Waals surface area contributed by atoms with E-state index in [1.165, 1.54) is 12.8 Å². The monoisotopic (exact) mass is 266 g/mol. The number of nitrogens with zero attached hydrogens (tertiary/aromatic N) is 4. The average molecular weight is 266 g/mol.